The number of aromatic carboxylic acids is 1. The van der Waals surface area contributed by atoms with Crippen molar-refractivity contribution in [1.82, 2.24) is 9.88 Å². The van der Waals surface area contributed by atoms with Crippen molar-refractivity contribution in [2.45, 2.75) is 19.9 Å². The van der Waals surface area contributed by atoms with Crippen molar-refractivity contribution in [1.29, 1.82) is 0 Å². The smallest absolute Gasteiger partial charge is 0.341 e. The summed E-state index contributed by atoms with van der Waals surface area (Å²) in [5, 5.41) is 9.04. The molecule has 0 spiro atoms. The van der Waals surface area contributed by atoms with E-state index in [1.165, 1.54) is 0 Å². The Bertz CT molecular complexity index is 505. The summed E-state index contributed by atoms with van der Waals surface area (Å²) in [6, 6.07) is 0. The van der Waals surface area contributed by atoms with E-state index in [4.69, 9.17) is 5.11 Å². The first-order valence-corrected chi connectivity index (χ1v) is 5.17. The van der Waals surface area contributed by atoms with E-state index in [2.05, 4.69) is 9.88 Å². The number of likely N-dealkylation sites (N-methyl/N-ethyl adjacent to an activating group) is 1. The molecule has 0 atom stereocenters. The fraction of sp³-hybridized carbons (Fsp3) is 0.455. The Morgan fingerprint density at radius 1 is 1.44 bits per heavy atom. The molecule has 2 heterocycles. The predicted molar refractivity (Wildman–Crippen MR) is 58.8 cm³/mol. The second kappa shape index (κ2) is 3.75. The molecular weight excluding hydrogens is 208 g/mol. The molecule has 2 rings (SSSR count). The minimum atomic E-state index is -1.14. The van der Waals surface area contributed by atoms with Gasteiger partial charge >= 0.3 is 5.97 Å². The molecule has 1 aromatic heterocycles. The normalized spacial score (nSPS) is 15.9. The van der Waals surface area contributed by atoms with Gasteiger partial charge in [-0.2, -0.15) is 0 Å². The molecule has 0 fully saturated rings. The van der Waals surface area contributed by atoms with E-state index in [1.54, 1.807) is 0 Å². The molecular formula is C11H14N2O3. The number of pyridine rings is 1. The van der Waals surface area contributed by atoms with E-state index in [0.717, 1.165) is 17.8 Å². The Morgan fingerprint density at radius 2 is 2.12 bits per heavy atom. The molecule has 1 aliphatic heterocycles. The highest BCUT2D eigenvalue weighted by molar-refractivity contribution is 5.89. The average Bonchev–Trinajstić information content (AvgIpc) is 2.18. The summed E-state index contributed by atoms with van der Waals surface area (Å²) in [6.07, 6.45) is 0.623. The molecule has 2 N–H and O–H groups in total. The summed E-state index contributed by atoms with van der Waals surface area (Å²) in [4.78, 5) is 27.4. The zero-order valence-electron chi connectivity index (χ0n) is 9.33. The van der Waals surface area contributed by atoms with Gasteiger partial charge in [0.1, 0.15) is 5.56 Å². The fourth-order valence-corrected chi connectivity index (χ4v) is 2.19. The lowest BCUT2D eigenvalue weighted by Crippen LogP contribution is -2.33. The minimum Gasteiger partial charge on any atom is -0.477 e. The molecule has 86 valence electrons. The van der Waals surface area contributed by atoms with Crippen LogP contribution in [0.15, 0.2) is 4.79 Å². The molecule has 5 heteroatoms. The molecule has 0 bridgehead atoms. The molecule has 5 nitrogen and oxygen atoms in total. The van der Waals surface area contributed by atoms with Crippen LogP contribution < -0.4 is 5.56 Å². The summed E-state index contributed by atoms with van der Waals surface area (Å²) in [5.41, 5.74) is 1.84. The van der Waals surface area contributed by atoms with Crippen LogP contribution in [-0.4, -0.2) is 34.6 Å². The molecule has 0 unspecified atom stereocenters. The van der Waals surface area contributed by atoms with Crippen LogP contribution in [0.3, 0.4) is 0 Å². The highest BCUT2D eigenvalue weighted by atomic mass is 16.4. The van der Waals surface area contributed by atoms with E-state index < -0.39 is 11.5 Å². The van der Waals surface area contributed by atoms with Gasteiger partial charge in [-0.3, -0.25) is 4.79 Å². The van der Waals surface area contributed by atoms with Crippen LogP contribution in [-0.2, 0) is 13.0 Å². The zero-order chi connectivity index (χ0) is 11.9. The average molecular weight is 222 g/mol. The third-order valence-electron chi connectivity index (χ3n) is 3.03. The Hall–Kier alpha value is -1.62. The summed E-state index contributed by atoms with van der Waals surface area (Å²) in [5.74, 6) is -1.14. The summed E-state index contributed by atoms with van der Waals surface area (Å²) < 4.78 is 0. The second-order valence-corrected chi connectivity index (χ2v) is 4.20. The van der Waals surface area contributed by atoms with Gasteiger partial charge in [0.2, 0.25) is 0 Å². The molecule has 1 aromatic rings. The zero-order valence-corrected chi connectivity index (χ0v) is 9.33. The van der Waals surface area contributed by atoms with Gasteiger partial charge in [-0.15, -0.1) is 0 Å². The van der Waals surface area contributed by atoms with E-state index in [-0.39, 0.29) is 5.56 Å². The first kappa shape index (κ1) is 10.9. The van der Waals surface area contributed by atoms with Crippen LogP contribution >= 0.6 is 0 Å². The standard InChI is InChI=1S/C11H14N2O3/c1-6-8-5-13(2)4-3-7(8)9(11(15)16)10(14)12-6/h3-5H2,1-2H3,(H,12,14)(H,15,16). The number of carboxylic acid groups (broad SMARTS) is 1. The number of aromatic nitrogens is 1. The van der Waals surface area contributed by atoms with Crippen LogP contribution in [0.1, 0.15) is 27.2 Å². The van der Waals surface area contributed by atoms with Crippen molar-refractivity contribution in [2.24, 2.45) is 0 Å². The number of H-pyrrole nitrogens is 1. The van der Waals surface area contributed by atoms with Gasteiger partial charge in [0.25, 0.3) is 5.56 Å². The van der Waals surface area contributed by atoms with Gasteiger partial charge in [0.05, 0.1) is 0 Å². The lowest BCUT2D eigenvalue weighted by Gasteiger charge is -2.26. The summed E-state index contributed by atoms with van der Waals surface area (Å²) >= 11 is 0. The Labute approximate surface area is 92.7 Å². The van der Waals surface area contributed by atoms with Gasteiger partial charge in [-0.05, 0) is 31.5 Å². The highest BCUT2D eigenvalue weighted by Crippen LogP contribution is 2.21. The van der Waals surface area contributed by atoms with Crippen LogP contribution in [0, 0.1) is 6.92 Å². The Morgan fingerprint density at radius 3 is 2.75 bits per heavy atom. The number of hydrogen-bond donors (Lipinski definition) is 2. The lowest BCUT2D eigenvalue weighted by atomic mass is 9.95. The Balaban J connectivity index is 2.69. The number of rotatable bonds is 1. The van der Waals surface area contributed by atoms with Gasteiger partial charge in [0.15, 0.2) is 0 Å². The van der Waals surface area contributed by atoms with Crippen molar-refractivity contribution < 1.29 is 9.90 Å². The topological polar surface area (TPSA) is 73.4 Å². The van der Waals surface area contributed by atoms with Crippen molar-refractivity contribution in [2.75, 3.05) is 13.6 Å². The number of carbonyl (C=O) groups is 1. The molecule has 1 aliphatic rings. The van der Waals surface area contributed by atoms with Crippen molar-refractivity contribution in [3.05, 3.63) is 32.7 Å². The summed E-state index contributed by atoms with van der Waals surface area (Å²) in [6.45, 7) is 3.29. The number of carboxylic acids is 1. The van der Waals surface area contributed by atoms with Crippen LogP contribution in [0.25, 0.3) is 0 Å². The second-order valence-electron chi connectivity index (χ2n) is 4.20. The van der Waals surface area contributed by atoms with Crippen molar-refractivity contribution >= 4 is 5.97 Å². The number of nitrogens with zero attached hydrogens (tertiary/aromatic N) is 1. The van der Waals surface area contributed by atoms with Crippen molar-refractivity contribution in [3.63, 3.8) is 0 Å². The SMILES string of the molecule is Cc1[nH]c(=O)c(C(=O)O)c2c1CN(C)CC2. The highest BCUT2D eigenvalue weighted by Gasteiger charge is 2.24. The van der Waals surface area contributed by atoms with E-state index in [0.29, 0.717) is 18.5 Å². The van der Waals surface area contributed by atoms with Gasteiger partial charge < -0.3 is 15.0 Å². The largest absolute Gasteiger partial charge is 0.477 e. The van der Waals surface area contributed by atoms with Crippen LogP contribution in [0.4, 0.5) is 0 Å². The molecule has 0 aliphatic carbocycles. The number of aryl methyl sites for hydroxylation is 1. The van der Waals surface area contributed by atoms with E-state index in [1.807, 2.05) is 14.0 Å². The number of fused-ring (bicyclic) bond motifs is 1. The van der Waals surface area contributed by atoms with E-state index >= 15 is 0 Å². The quantitative estimate of drug-likeness (QED) is 0.720. The lowest BCUT2D eigenvalue weighted by molar-refractivity contribution is 0.0692. The van der Waals surface area contributed by atoms with Crippen molar-refractivity contribution in [3.8, 4) is 0 Å². The third kappa shape index (κ3) is 1.63. The number of hydrogen-bond acceptors (Lipinski definition) is 3. The number of aromatic amines is 1. The van der Waals surface area contributed by atoms with E-state index in [9.17, 15) is 9.59 Å². The monoisotopic (exact) mass is 222 g/mol. The maximum atomic E-state index is 11.6. The van der Waals surface area contributed by atoms with Crippen LogP contribution in [0.5, 0.6) is 0 Å². The molecule has 16 heavy (non-hydrogen) atoms. The molecule has 0 saturated carbocycles. The third-order valence-corrected chi connectivity index (χ3v) is 3.03. The molecule has 0 saturated heterocycles. The maximum absolute atomic E-state index is 11.6. The van der Waals surface area contributed by atoms with Gasteiger partial charge in [-0.1, -0.05) is 0 Å². The Kier molecular flexibility index (Phi) is 2.55. The minimum absolute atomic E-state index is 0.0892. The molecule has 0 aromatic carbocycles. The first-order valence-electron chi connectivity index (χ1n) is 5.17. The summed E-state index contributed by atoms with van der Waals surface area (Å²) in [7, 11) is 1.98. The van der Waals surface area contributed by atoms with Gasteiger partial charge in [-0.25, -0.2) is 4.79 Å². The fourth-order valence-electron chi connectivity index (χ4n) is 2.19. The maximum Gasteiger partial charge on any atom is 0.341 e. The van der Waals surface area contributed by atoms with Gasteiger partial charge in [0, 0.05) is 18.8 Å². The predicted octanol–water partition coefficient (Wildman–Crippen LogP) is 0.369. The van der Waals surface area contributed by atoms with Crippen LogP contribution in [0.2, 0.25) is 0 Å². The molecule has 0 amide bonds. The first-order chi connectivity index (χ1) is 7.50. The molecule has 0 radical (unpaired) electrons. The number of nitrogens with one attached hydrogen (secondary N) is 1.